The van der Waals surface area contributed by atoms with Crippen molar-refractivity contribution in [1.29, 1.82) is 0 Å². The summed E-state index contributed by atoms with van der Waals surface area (Å²) < 4.78 is 11.6. The van der Waals surface area contributed by atoms with Gasteiger partial charge in [-0.1, -0.05) is 6.07 Å². The zero-order chi connectivity index (χ0) is 19.4. The van der Waals surface area contributed by atoms with E-state index in [0.717, 1.165) is 31.2 Å². The van der Waals surface area contributed by atoms with Gasteiger partial charge in [-0.3, -0.25) is 4.79 Å². The monoisotopic (exact) mass is 375 g/mol. The van der Waals surface area contributed by atoms with Crippen LogP contribution >= 0.6 is 0 Å². The van der Waals surface area contributed by atoms with Crippen LogP contribution in [0.4, 0.5) is 10.5 Å². The smallest absolute Gasteiger partial charge is 0.321 e. The molecule has 1 aromatic carbocycles. The molecule has 0 aliphatic carbocycles. The second-order valence-electron chi connectivity index (χ2n) is 7.52. The van der Waals surface area contributed by atoms with Crippen molar-refractivity contribution in [2.75, 3.05) is 32.1 Å². The van der Waals surface area contributed by atoms with Gasteiger partial charge in [0.05, 0.1) is 24.5 Å². The SMILES string of the molecule is COc1ccc(C)cc1NC(=O)N1CCC2(CCC(CNC(C)=O)O2)CC1. The molecular weight excluding hydrogens is 346 g/mol. The predicted octanol–water partition coefficient (Wildman–Crippen LogP) is 2.69. The number of nitrogens with one attached hydrogen (secondary N) is 2. The van der Waals surface area contributed by atoms with Crippen LogP contribution in [0.15, 0.2) is 18.2 Å². The molecule has 2 aliphatic heterocycles. The van der Waals surface area contributed by atoms with Crippen LogP contribution < -0.4 is 15.4 Å². The molecule has 0 radical (unpaired) electrons. The van der Waals surface area contributed by atoms with Gasteiger partial charge in [0.25, 0.3) is 0 Å². The molecule has 3 rings (SSSR count). The van der Waals surface area contributed by atoms with Crippen LogP contribution in [0.3, 0.4) is 0 Å². The van der Waals surface area contributed by atoms with Crippen LogP contribution in [-0.2, 0) is 9.53 Å². The summed E-state index contributed by atoms with van der Waals surface area (Å²) in [5, 5.41) is 5.79. The van der Waals surface area contributed by atoms with Crippen LogP contribution in [-0.4, -0.2) is 55.3 Å². The minimum atomic E-state index is -0.152. The summed E-state index contributed by atoms with van der Waals surface area (Å²) in [7, 11) is 1.60. The van der Waals surface area contributed by atoms with Crippen LogP contribution in [0, 0.1) is 6.92 Å². The summed E-state index contributed by atoms with van der Waals surface area (Å²) in [6, 6.07) is 5.61. The average Bonchev–Trinajstić information content (AvgIpc) is 3.03. The lowest BCUT2D eigenvalue weighted by molar-refractivity contribution is -0.120. The van der Waals surface area contributed by atoms with Gasteiger partial charge in [0.15, 0.2) is 0 Å². The molecule has 7 heteroatoms. The Morgan fingerprint density at radius 1 is 1.30 bits per heavy atom. The number of carbonyl (C=O) groups is 2. The van der Waals surface area contributed by atoms with Gasteiger partial charge in [0, 0.05) is 26.6 Å². The molecule has 0 saturated carbocycles. The maximum absolute atomic E-state index is 12.7. The van der Waals surface area contributed by atoms with Gasteiger partial charge >= 0.3 is 6.03 Å². The van der Waals surface area contributed by atoms with Gasteiger partial charge in [-0.05, 0) is 50.3 Å². The van der Waals surface area contributed by atoms with Gasteiger partial charge in [-0.15, -0.1) is 0 Å². The summed E-state index contributed by atoms with van der Waals surface area (Å²) >= 11 is 0. The normalized spacial score (nSPS) is 21.1. The molecule has 2 aliphatic rings. The Bertz CT molecular complexity index is 698. The summed E-state index contributed by atoms with van der Waals surface area (Å²) in [5.74, 6) is 0.625. The number of nitrogens with zero attached hydrogens (tertiary/aromatic N) is 1. The van der Waals surface area contributed by atoms with Crippen LogP contribution in [0.25, 0.3) is 0 Å². The maximum Gasteiger partial charge on any atom is 0.321 e. The molecule has 27 heavy (non-hydrogen) atoms. The van der Waals surface area contributed by atoms with Crippen molar-refractivity contribution >= 4 is 17.6 Å². The highest BCUT2D eigenvalue weighted by Gasteiger charge is 2.43. The first-order chi connectivity index (χ1) is 12.9. The Balaban J connectivity index is 1.53. The van der Waals surface area contributed by atoms with E-state index < -0.39 is 0 Å². The fourth-order valence-electron chi connectivity index (χ4n) is 3.90. The number of rotatable bonds is 4. The second kappa shape index (κ2) is 8.17. The van der Waals surface area contributed by atoms with Gasteiger partial charge in [0.2, 0.25) is 5.91 Å². The lowest BCUT2D eigenvalue weighted by Crippen LogP contribution is -2.48. The van der Waals surface area contributed by atoms with Gasteiger partial charge in [0.1, 0.15) is 5.75 Å². The second-order valence-corrected chi connectivity index (χ2v) is 7.52. The van der Waals surface area contributed by atoms with E-state index in [-0.39, 0.29) is 23.6 Å². The molecule has 2 saturated heterocycles. The molecule has 3 amide bonds. The summed E-state index contributed by atoms with van der Waals surface area (Å²) in [6.45, 7) is 5.38. The number of urea groups is 1. The van der Waals surface area contributed by atoms with Crippen LogP contribution in [0.1, 0.15) is 38.2 Å². The van der Waals surface area contributed by atoms with E-state index in [1.54, 1.807) is 7.11 Å². The molecule has 0 aromatic heterocycles. The van der Waals surface area contributed by atoms with E-state index in [4.69, 9.17) is 9.47 Å². The lowest BCUT2D eigenvalue weighted by atomic mass is 9.88. The third-order valence-electron chi connectivity index (χ3n) is 5.48. The number of amides is 3. The van der Waals surface area contributed by atoms with E-state index in [1.807, 2.05) is 30.0 Å². The molecule has 0 bridgehead atoms. The molecule has 2 N–H and O–H groups in total. The predicted molar refractivity (Wildman–Crippen MR) is 103 cm³/mol. The highest BCUT2D eigenvalue weighted by atomic mass is 16.5. The number of hydrogen-bond acceptors (Lipinski definition) is 4. The average molecular weight is 375 g/mol. The van der Waals surface area contributed by atoms with Crippen molar-refractivity contribution in [1.82, 2.24) is 10.2 Å². The number of hydrogen-bond donors (Lipinski definition) is 2. The zero-order valence-corrected chi connectivity index (χ0v) is 16.3. The summed E-state index contributed by atoms with van der Waals surface area (Å²) in [5.41, 5.74) is 1.60. The van der Waals surface area contributed by atoms with Crippen molar-refractivity contribution in [2.24, 2.45) is 0 Å². The molecule has 1 unspecified atom stereocenters. The topological polar surface area (TPSA) is 79.9 Å². The van der Waals surface area contributed by atoms with Crippen LogP contribution in [0.5, 0.6) is 5.75 Å². The molecule has 148 valence electrons. The Kier molecular flexibility index (Phi) is 5.89. The Morgan fingerprint density at radius 3 is 2.70 bits per heavy atom. The highest BCUT2D eigenvalue weighted by Crippen LogP contribution is 2.39. The number of carbonyl (C=O) groups excluding carboxylic acids is 2. The van der Waals surface area contributed by atoms with E-state index in [2.05, 4.69) is 10.6 Å². The highest BCUT2D eigenvalue weighted by molar-refractivity contribution is 5.91. The Hall–Kier alpha value is -2.28. The van der Waals surface area contributed by atoms with Crippen molar-refractivity contribution in [3.05, 3.63) is 23.8 Å². The fraction of sp³-hybridized carbons (Fsp3) is 0.600. The molecule has 2 heterocycles. The van der Waals surface area contributed by atoms with Gasteiger partial charge in [-0.2, -0.15) is 0 Å². The number of aryl methyl sites for hydroxylation is 1. The number of benzene rings is 1. The molecular formula is C20H29N3O4. The van der Waals surface area contributed by atoms with E-state index in [1.165, 1.54) is 6.92 Å². The maximum atomic E-state index is 12.7. The van der Waals surface area contributed by atoms with Crippen molar-refractivity contribution < 1.29 is 19.1 Å². The zero-order valence-electron chi connectivity index (χ0n) is 16.3. The summed E-state index contributed by atoms with van der Waals surface area (Å²) in [4.78, 5) is 25.6. The number of methoxy groups -OCH3 is 1. The standard InChI is InChI=1S/C20H29N3O4/c1-14-4-5-18(26-3)17(12-14)22-19(25)23-10-8-20(9-11-23)7-6-16(27-20)13-21-15(2)24/h4-5,12,16H,6-11,13H2,1-3H3,(H,21,24)(H,22,25). The Labute approximate surface area is 160 Å². The Morgan fingerprint density at radius 2 is 2.04 bits per heavy atom. The molecule has 2 fully saturated rings. The lowest BCUT2D eigenvalue weighted by Gasteiger charge is -2.39. The van der Waals surface area contributed by atoms with Gasteiger partial charge in [-0.25, -0.2) is 4.79 Å². The summed E-state index contributed by atoms with van der Waals surface area (Å²) in [6.07, 6.45) is 3.65. The first-order valence-electron chi connectivity index (χ1n) is 9.54. The number of anilines is 1. The molecule has 1 spiro atoms. The third-order valence-corrected chi connectivity index (χ3v) is 5.48. The van der Waals surface area contributed by atoms with Crippen molar-refractivity contribution in [3.8, 4) is 5.75 Å². The first-order valence-corrected chi connectivity index (χ1v) is 9.54. The number of piperidine rings is 1. The van der Waals surface area contributed by atoms with E-state index in [0.29, 0.717) is 31.1 Å². The van der Waals surface area contributed by atoms with Crippen molar-refractivity contribution in [2.45, 2.75) is 51.2 Å². The largest absolute Gasteiger partial charge is 0.495 e. The fourth-order valence-corrected chi connectivity index (χ4v) is 3.90. The van der Waals surface area contributed by atoms with Gasteiger partial charge < -0.3 is 25.0 Å². The third kappa shape index (κ3) is 4.71. The first kappa shape index (κ1) is 19.5. The van der Waals surface area contributed by atoms with E-state index in [9.17, 15) is 9.59 Å². The quantitative estimate of drug-likeness (QED) is 0.848. The van der Waals surface area contributed by atoms with Crippen LogP contribution in [0.2, 0.25) is 0 Å². The molecule has 1 aromatic rings. The van der Waals surface area contributed by atoms with E-state index >= 15 is 0 Å². The number of ether oxygens (including phenoxy) is 2. The molecule has 7 nitrogen and oxygen atoms in total. The minimum Gasteiger partial charge on any atom is -0.495 e. The number of likely N-dealkylation sites (tertiary alicyclic amines) is 1. The molecule has 1 atom stereocenters. The van der Waals surface area contributed by atoms with Crippen molar-refractivity contribution in [3.63, 3.8) is 0 Å². The minimum absolute atomic E-state index is 0.0300.